The Balaban J connectivity index is 1.59. The van der Waals surface area contributed by atoms with Crippen molar-refractivity contribution < 1.29 is 9.59 Å². The highest BCUT2D eigenvalue weighted by molar-refractivity contribution is 5.97. The van der Waals surface area contributed by atoms with E-state index in [2.05, 4.69) is 16.0 Å². The summed E-state index contributed by atoms with van der Waals surface area (Å²) in [5.41, 5.74) is 7.01. The lowest BCUT2D eigenvalue weighted by Crippen LogP contribution is -2.44. The van der Waals surface area contributed by atoms with E-state index in [9.17, 15) is 9.59 Å². The van der Waals surface area contributed by atoms with Crippen LogP contribution in [0.15, 0.2) is 24.3 Å². The van der Waals surface area contributed by atoms with Crippen molar-refractivity contribution in [3.63, 3.8) is 0 Å². The van der Waals surface area contributed by atoms with E-state index < -0.39 is 0 Å². The van der Waals surface area contributed by atoms with E-state index in [4.69, 9.17) is 5.73 Å². The monoisotopic (exact) mass is 330 g/mol. The summed E-state index contributed by atoms with van der Waals surface area (Å²) in [6.07, 6.45) is 6.45. The molecule has 24 heavy (non-hydrogen) atoms. The summed E-state index contributed by atoms with van der Waals surface area (Å²) in [5.74, 6) is 0.250. The van der Waals surface area contributed by atoms with Gasteiger partial charge in [0.1, 0.15) is 0 Å². The summed E-state index contributed by atoms with van der Waals surface area (Å²) in [6.45, 7) is 0.605. The average molecular weight is 330 g/mol. The molecule has 2 aliphatic carbocycles. The number of urea groups is 1. The highest BCUT2D eigenvalue weighted by atomic mass is 16.2. The van der Waals surface area contributed by atoms with E-state index in [1.54, 1.807) is 24.3 Å². The maximum Gasteiger partial charge on any atom is 0.319 e. The number of nitrogens with one attached hydrogen (secondary N) is 3. The molecule has 6 heteroatoms. The number of amides is 3. The second kappa shape index (κ2) is 7.66. The number of anilines is 1. The van der Waals surface area contributed by atoms with Crippen molar-refractivity contribution in [3.8, 4) is 0 Å². The van der Waals surface area contributed by atoms with Crippen molar-refractivity contribution >= 4 is 17.6 Å². The van der Waals surface area contributed by atoms with Crippen LogP contribution in [0.4, 0.5) is 10.5 Å². The van der Waals surface area contributed by atoms with Crippen molar-refractivity contribution in [1.82, 2.24) is 10.6 Å². The van der Waals surface area contributed by atoms with Gasteiger partial charge in [-0.25, -0.2) is 4.79 Å². The van der Waals surface area contributed by atoms with Crippen LogP contribution in [0.5, 0.6) is 0 Å². The van der Waals surface area contributed by atoms with Gasteiger partial charge in [-0.05, 0) is 56.3 Å². The van der Waals surface area contributed by atoms with Crippen LogP contribution in [0, 0.1) is 5.92 Å². The maximum atomic E-state index is 12.5. The molecule has 2 aliphatic rings. The zero-order valence-electron chi connectivity index (χ0n) is 13.9. The van der Waals surface area contributed by atoms with Crippen molar-refractivity contribution in [2.75, 3.05) is 11.9 Å². The molecule has 1 aromatic carbocycles. The maximum absolute atomic E-state index is 12.5. The zero-order chi connectivity index (χ0) is 16.9. The van der Waals surface area contributed by atoms with Crippen LogP contribution >= 0.6 is 0 Å². The molecule has 3 amide bonds. The Labute approximate surface area is 142 Å². The van der Waals surface area contributed by atoms with Crippen LogP contribution in [0.3, 0.4) is 0 Å². The lowest BCUT2D eigenvalue weighted by Gasteiger charge is -2.31. The van der Waals surface area contributed by atoms with Crippen LogP contribution in [0.2, 0.25) is 0 Å². The first-order chi connectivity index (χ1) is 11.7. The standard InChI is InChI=1S/C18H26N4O2/c19-11-13-4-1-2-7-16(13)22-17(23)12-5-3-6-15(10-12)21-18(24)20-14-8-9-14/h3,5-6,10,13-14,16H,1-2,4,7-9,11,19H2,(H,22,23)(H2,20,21,24). The molecule has 5 N–H and O–H groups in total. The van der Waals surface area contributed by atoms with E-state index in [-0.39, 0.29) is 18.0 Å². The van der Waals surface area contributed by atoms with Gasteiger partial charge in [-0.3, -0.25) is 4.79 Å². The van der Waals surface area contributed by atoms with E-state index >= 15 is 0 Å². The molecule has 130 valence electrons. The first-order valence-corrected chi connectivity index (χ1v) is 8.84. The van der Waals surface area contributed by atoms with Gasteiger partial charge in [0.15, 0.2) is 0 Å². The molecule has 2 atom stereocenters. The van der Waals surface area contributed by atoms with Gasteiger partial charge in [-0.1, -0.05) is 18.9 Å². The van der Waals surface area contributed by atoms with Gasteiger partial charge >= 0.3 is 6.03 Å². The number of nitrogens with two attached hydrogens (primary N) is 1. The Morgan fingerprint density at radius 1 is 1.08 bits per heavy atom. The normalized spacial score (nSPS) is 23.4. The van der Waals surface area contributed by atoms with Gasteiger partial charge in [0.25, 0.3) is 5.91 Å². The minimum absolute atomic E-state index is 0.105. The quantitative estimate of drug-likeness (QED) is 0.666. The van der Waals surface area contributed by atoms with Gasteiger partial charge in [-0.2, -0.15) is 0 Å². The van der Waals surface area contributed by atoms with Gasteiger partial charge < -0.3 is 21.7 Å². The molecule has 6 nitrogen and oxygen atoms in total. The molecule has 0 aromatic heterocycles. The van der Waals surface area contributed by atoms with Crippen molar-refractivity contribution in [2.24, 2.45) is 11.7 Å². The number of hydrogen-bond donors (Lipinski definition) is 4. The summed E-state index contributed by atoms with van der Waals surface area (Å²) in [6, 6.07) is 7.27. The molecule has 0 saturated heterocycles. The molecule has 1 aromatic rings. The minimum Gasteiger partial charge on any atom is -0.349 e. The summed E-state index contributed by atoms with van der Waals surface area (Å²) in [5, 5.41) is 8.76. The minimum atomic E-state index is -0.217. The molecule has 0 bridgehead atoms. The Hall–Kier alpha value is -2.08. The Kier molecular flexibility index (Phi) is 5.35. The Bertz CT molecular complexity index is 600. The second-order valence-electron chi connectivity index (χ2n) is 6.81. The van der Waals surface area contributed by atoms with Crippen LogP contribution < -0.4 is 21.7 Å². The first kappa shape index (κ1) is 16.8. The molecule has 0 heterocycles. The molecule has 0 spiro atoms. The first-order valence-electron chi connectivity index (χ1n) is 8.84. The summed E-state index contributed by atoms with van der Waals surface area (Å²) in [4.78, 5) is 24.3. The zero-order valence-corrected chi connectivity index (χ0v) is 13.9. The van der Waals surface area contributed by atoms with Crippen molar-refractivity contribution in [2.45, 2.75) is 50.6 Å². The molecule has 0 aliphatic heterocycles. The third-order valence-corrected chi connectivity index (χ3v) is 4.82. The third kappa shape index (κ3) is 4.47. The van der Waals surface area contributed by atoms with Crippen LogP contribution in [-0.2, 0) is 0 Å². The van der Waals surface area contributed by atoms with Gasteiger partial charge in [-0.15, -0.1) is 0 Å². The molecular weight excluding hydrogens is 304 g/mol. The number of rotatable bonds is 5. The fourth-order valence-corrected chi connectivity index (χ4v) is 3.25. The van der Waals surface area contributed by atoms with E-state index in [1.807, 2.05) is 0 Å². The number of hydrogen-bond acceptors (Lipinski definition) is 3. The summed E-state index contributed by atoms with van der Waals surface area (Å²) >= 11 is 0. The molecule has 0 radical (unpaired) electrons. The molecule has 2 saturated carbocycles. The van der Waals surface area contributed by atoms with E-state index in [0.29, 0.717) is 29.8 Å². The fraction of sp³-hybridized carbons (Fsp3) is 0.556. The van der Waals surface area contributed by atoms with E-state index in [0.717, 1.165) is 32.1 Å². The lowest BCUT2D eigenvalue weighted by atomic mass is 9.84. The van der Waals surface area contributed by atoms with Crippen LogP contribution in [0.1, 0.15) is 48.9 Å². The largest absolute Gasteiger partial charge is 0.349 e. The Morgan fingerprint density at radius 2 is 1.88 bits per heavy atom. The van der Waals surface area contributed by atoms with Crippen LogP contribution in [0.25, 0.3) is 0 Å². The SMILES string of the molecule is NCC1CCCCC1NC(=O)c1cccc(NC(=O)NC2CC2)c1. The van der Waals surface area contributed by atoms with Gasteiger partial charge in [0.2, 0.25) is 0 Å². The molecule has 2 unspecified atom stereocenters. The van der Waals surface area contributed by atoms with Crippen LogP contribution in [-0.4, -0.2) is 30.6 Å². The number of carbonyl (C=O) groups is 2. The second-order valence-corrected chi connectivity index (χ2v) is 6.81. The molecule has 2 fully saturated rings. The lowest BCUT2D eigenvalue weighted by molar-refractivity contribution is 0.0908. The smallest absolute Gasteiger partial charge is 0.319 e. The molecular formula is C18H26N4O2. The topological polar surface area (TPSA) is 96.2 Å². The van der Waals surface area contributed by atoms with Gasteiger partial charge in [0, 0.05) is 23.3 Å². The predicted octanol–water partition coefficient (Wildman–Crippen LogP) is 2.22. The summed E-state index contributed by atoms with van der Waals surface area (Å²) in [7, 11) is 0. The van der Waals surface area contributed by atoms with Crippen molar-refractivity contribution in [3.05, 3.63) is 29.8 Å². The predicted molar refractivity (Wildman–Crippen MR) is 93.9 cm³/mol. The number of carbonyl (C=O) groups excluding carboxylic acids is 2. The average Bonchev–Trinajstić information content (AvgIpc) is 3.39. The fourth-order valence-electron chi connectivity index (χ4n) is 3.25. The highest BCUT2D eigenvalue weighted by Gasteiger charge is 2.26. The van der Waals surface area contributed by atoms with Crippen molar-refractivity contribution in [1.29, 1.82) is 0 Å². The summed E-state index contributed by atoms with van der Waals surface area (Å²) < 4.78 is 0. The van der Waals surface area contributed by atoms with E-state index in [1.165, 1.54) is 6.42 Å². The highest BCUT2D eigenvalue weighted by Crippen LogP contribution is 2.24. The Morgan fingerprint density at radius 3 is 2.62 bits per heavy atom. The molecule has 3 rings (SSSR count). The van der Waals surface area contributed by atoms with Gasteiger partial charge in [0.05, 0.1) is 0 Å². The number of benzene rings is 1. The third-order valence-electron chi connectivity index (χ3n) is 4.82.